The van der Waals surface area contributed by atoms with Crippen LogP contribution >= 0.6 is 15.9 Å². The number of rotatable bonds is 5. The number of nitrogens with zero attached hydrogens (tertiary/aromatic N) is 4. The first-order chi connectivity index (χ1) is 9.13. The Bertz CT molecular complexity index is 599. The van der Waals surface area contributed by atoms with E-state index in [4.69, 9.17) is 4.74 Å². The van der Waals surface area contributed by atoms with Gasteiger partial charge in [-0.15, -0.1) is 5.10 Å². The summed E-state index contributed by atoms with van der Waals surface area (Å²) in [6.45, 7) is 0.421. The van der Waals surface area contributed by atoms with Crippen LogP contribution in [0, 0.1) is 10.1 Å². The molecule has 0 bridgehead atoms. The van der Waals surface area contributed by atoms with Crippen LogP contribution in [0.2, 0.25) is 0 Å². The highest BCUT2D eigenvalue weighted by Gasteiger charge is 2.15. The summed E-state index contributed by atoms with van der Waals surface area (Å²) in [5, 5.41) is 19.4. The maximum atomic E-state index is 10.9. The largest absolute Gasteiger partial charge is 0.490 e. The quantitative estimate of drug-likeness (QED) is 0.477. The number of ether oxygens (including phenoxy) is 1. The van der Waals surface area contributed by atoms with Gasteiger partial charge in [0.1, 0.15) is 0 Å². The molecular formula is C11H11BrN4O3. The van der Waals surface area contributed by atoms with Gasteiger partial charge in [0, 0.05) is 17.6 Å². The molecule has 19 heavy (non-hydrogen) atoms. The molecular weight excluding hydrogens is 316 g/mol. The maximum absolute atomic E-state index is 10.9. The Morgan fingerprint density at radius 2 is 2.32 bits per heavy atom. The predicted molar refractivity (Wildman–Crippen MR) is 71.4 cm³/mol. The molecule has 1 heterocycles. The van der Waals surface area contributed by atoms with Gasteiger partial charge in [0.2, 0.25) is 0 Å². The monoisotopic (exact) mass is 326 g/mol. The van der Waals surface area contributed by atoms with E-state index in [-0.39, 0.29) is 11.4 Å². The Hall–Kier alpha value is -1.96. The van der Waals surface area contributed by atoms with Crippen molar-refractivity contribution in [2.75, 3.05) is 7.11 Å². The zero-order valence-corrected chi connectivity index (χ0v) is 11.7. The molecule has 1 aromatic carbocycles. The average Bonchev–Trinajstić information content (AvgIpc) is 2.86. The Morgan fingerprint density at radius 3 is 2.89 bits per heavy atom. The van der Waals surface area contributed by atoms with Crippen LogP contribution in [-0.2, 0) is 11.9 Å². The zero-order valence-electron chi connectivity index (χ0n) is 10.1. The molecule has 0 aliphatic heterocycles. The highest BCUT2D eigenvalue weighted by Crippen LogP contribution is 2.27. The third-order valence-electron chi connectivity index (χ3n) is 2.51. The summed E-state index contributed by atoms with van der Waals surface area (Å²) in [7, 11) is 1.40. The van der Waals surface area contributed by atoms with Crippen molar-refractivity contribution in [1.82, 2.24) is 15.0 Å². The highest BCUT2D eigenvalue weighted by molar-refractivity contribution is 9.08. The van der Waals surface area contributed by atoms with Crippen molar-refractivity contribution in [2.45, 2.75) is 11.9 Å². The van der Waals surface area contributed by atoms with E-state index in [0.717, 1.165) is 11.3 Å². The molecule has 0 radical (unpaired) electrons. The van der Waals surface area contributed by atoms with E-state index >= 15 is 0 Å². The van der Waals surface area contributed by atoms with Gasteiger partial charge in [-0.3, -0.25) is 10.1 Å². The molecule has 0 saturated heterocycles. The summed E-state index contributed by atoms with van der Waals surface area (Å²) in [4.78, 5) is 10.5. The summed E-state index contributed by atoms with van der Waals surface area (Å²) in [6, 6.07) is 4.82. The zero-order chi connectivity index (χ0) is 13.8. The minimum absolute atomic E-state index is 0.0548. The van der Waals surface area contributed by atoms with E-state index in [2.05, 4.69) is 26.2 Å². The van der Waals surface area contributed by atoms with Crippen LogP contribution in [-0.4, -0.2) is 27.0 Å². The summed E-state index contributed by atoms with van der Waals surface area (Å²) in [5.41, 5.74) is 1.52. The van der Waals surface area contributed by atoms with Gasteiger partial charge in [0.25, 0.3) is 0 Å². The van der Waals surface area contributed by atoms with Crippen LogP contribution in [0.15, 0.2) is 24.4 Å². The number of nitro benzene ring substituents is 1. The first-order valence-corrected chi connectivity index (χ1v) is 6.52. The average molecular weight is 327 g/mol. The molecule has 2 rings (SSSR count). The highest BCUT2D eigenvalue weighted by atomic mass is 79.9. The minimum Gasteiger partial charge on any atom is -0.490 e. The predicted octanol–water partition coefficient (Wildman–Crippen LogP) is 2.14. The van der Waals surface area contributed by atoms with Gasteiger partial charge in [-0.2, -0.15) is 0 Å². The molecule has 100 valence electrons. The van der Waals surface area contributed by atoms with E-state index in [9.17, 15) is 10.1 Å². The molecule has 1 aromatic heterocycles. The molecule has 0 amide bonds. The Labute approximate surface area is 117 Å². The number of hydrogen-bond donors (Lipinski definition) is 0. The maximum Gasteiger partial charge on any atom is 0.311 e. The second kappa shape index (κ2) is 5.79. The lowest BCUT2D eigenvalue weighted by Crippen LogP contribution is -2.02. The van der Waals surface area contributed by atoms with Crippen molar-refractivity contribution in [3.63, 3.8) is 0 Å². The number of methoxy groups -OCH3 is 1. The van der Waals surface area contributed by atoms with Crippen molar-refractivity contribution in [1.29, 1.82) is 0 Å². The van der Waals surface area contributed by atoms with E-state index < -0.39 is 4.92 Å². The fraction of sp³-hybridized carbons (Fsp3) is 0.273. The van der Waals surface area contributed by atoms with Crippen LogP contribution in [0.4, 0.5) is 5.69 Å². The molecule has 7 nitrogen and oxygen atoms in total. The number of nitro groups is 1. The molecule has 0 fully saturated rings. The van der Waals surface area contributed by atoms with Crippen molar-refractivity contribution >= 4 is 21.6 Å². The van der Waals surface area contributed by atoms with E-state index in [1.165, 1.54) is 13.2 Å². The fourth-order valence-corrected chi connectivity index (χ4v) is 1.90. The molecule has 0 N–H and O–H groups in total. The van der Waals surface area contributed by atoms with Gasteiger partial charge >= 0.3 is 5.69 Å². The SMILES string of the molecule is COc1ccc(Cn2cc(CBr)nn2)cc1[N+](=O)[O-]. The third-order valence-corrected chi connectivity index (χ3v) is 3.08. The Kier molecular flexibility index (Phi) is 4.10. The van der Waals surface area contributed by atoms with E-state index in [0.29, 0.717) is 11.9 Å². The van der Waals surface area contributed by atoms with Crippen molar-refractivity contribution < 1.29 is 9.66 Å². The van der Waals surface area contributed by atoms with Gasteiger partial charge in [0.05, 0.1) is 24.3 Å². The Morgan fingerprint density at radius 1 is 1.53 bits per heavy atom. The standard InChI is InChI=1S/C11H11BrN4O3/c1-19-11-3-2-8(4-10(11)16(17)18)6-15-7-9(5-12)13-14-15/h2-4,7H,5-6H2,1H3. The van der Waals surface area contributed by atoms with Crippen LogP contribution in [0.1, 0.15) is 11.3 Å². The van der Waals surface area contributed by atoms with Crippen LogP contribution in [0.3, 0.4) is 0 Å². The number of aromatic nitrogens is 3. The second-order valence-electron chi connectivity index (χ2n) is 3.80. The van der Waals surface area contributed by atoms with Gasteiger partial charge in [-0.1, -0.05) is 27.2 Å². The van der Waals surface area contributed by atoms with Crippen LogP contribution < -0.4 is 4.74 Å². The van der Waals surface area contributed by atoms with Crippen molar-refractivity contribution in [3.05, 3.63) is 45.8 Å². The number of hydrogen-bond acceptors (Lipinski definition) is 5. The van der Waals surface area contributed by atoms with Crippen molar-refractivity contribution in [2.24, 2.45) is 0 Å². The van der Waals surface area contributed by atoms with Crippen molar-refractivity contribution in [3.8, 4) is 5.75 Å². The fourth-order valence-electron chi connectivity index (χ4n) is 1.64. The third kappa shape index (κ3) is 3.08. The molecule has 0 aliphatic rings. The molecule has 2 aromatic rings. The molecule has 0 aliphatic carbocycles. The summed E-state index contributed by atoms with van der Waals surface area (Å²) < 4.78 is 6.58. The number of benzene rings is 1. The lowest BCUT2D eigenvalue weighted by Gasteiger charge is -2.04. The molecule has 8 heteroatoms. The molecule has 0 unspecified atom stereocenters. The van der Waals surface area contributed by atoms with Gasteiger partial charge in [-0.25, -0.2) is 4.68 Å². The minimum atomic E-state index is -0.465. The lowest BCUT2D eigenvalue weighted by atomic mass is 10.2. The molecule has 0 spiro atoms. The Balaban J connectivity index is 2.25. The molecule has 0 atom stereocenters. The summed E-state index contributed by atoms with van der Waals surface area (Å²) in [6.07, 6.45) is 1.78. The number of alkyl halides is 1. The van der Waals surface area contributed by atoms with E-state index in [1.807, 2.05) is 0 Å². The van der Waals surface area contributed by atoms with Crippen LogP contribution in [0.5, 0.6) is 5.75 Å². The normalized spacial score (nSPS) is 10.4. The lowest BCUT2D eigenvalue weighted by molar-refractivity contribution is -0.385. The van der Waals surface area contributed by atoms with Gasteiger partial charge in [-0.05, 0) is 11.6 Å². The second-order valence-corrected chi connectivity index (χ2v) is 4.37. The smallest absolute Gasteiger partial charge is 0.311 e. The van der Waals surface area contributed by atoms with Gasteiger partial charge < -0.3 is 4.74 Å². The topological polar surface area (TPSA) is 83.1 Å². The number of halogens is 1. The first kappa shape index (κ1) is 13.5. The van der Waals surface area contributed by atoms with Crippen LogP contribution in [0.25, 0.3) is 0 Å². The molecule has 0 saturated carbocycles. The summed E-state index contributed by atoms with van der Waals surface area (Å²) in [5.74, 6) is 0.244. The van der Waals surface area contributed by atoms with E-state index in [1.54, 1.807) is 23.0 Å². The first-order valence-electron chi connectivity index (χ1n) is 5.40. The van der Waals surface area contributed by atoms with Gasteiger partial charge in [0.15, 0.2) is 5.75 Å². The summed E-state index contributed by atoms with van der Waals surface area (Å²) >= 11 is 3.28.